The molecule has 2 rings (SSSR count). The van der Waals surface area contributed by atoms with Gasteiger partial charge in [-0.05, 0) is 35.3 Å². The Labute approximate surface area is 104 Å². The van der Waals surface area contributed by atoms with Crippen LogP contribution in [0.3, 0.4) is 0 Å². The van der Waals surface area contributed by atoms with Gasteiger partial charge in [-0.1, -0.05) is 57.2 Å². The predicted molar refractivity (Wildman–Crippen MR) is 72.5 cm³/mol. The fourth-order valence-electron chi connectivity index (χ4n) is 2.75. The zero-order valence-electron chi connectivity index (χ0n) is 10.9. The van der Waals surface area contributed by atoms with Crippen molar-refractivity contribution in [3.63, 3.8) is 0 Å². The highest BCUT2D eigenvalue weighted by molar-refractivity contribution is 5.67. The predicted octanol–water partition coefficient (Wildman–Crippen LogP) is 3.74. The van der Waals surface area contributed by atoms with Crippen LogP contribution < -0.4 is 0 Å². The molecule has 1 N–H and O–H groups in total. The monoisotopic (exact) mass is 230 g/mol. The highest BCUT2D eigenvalue weighted by Crippen LogP contribution is 2.37. The first-order chi connectivity index (χ1) is 8.11. The molecule has 0 unspecified atom stereocenters. The number of aliphatic hydroxyl groups is 1. The first-order valence-electron chi connectivity index (χ1n) is 6.54. The van der Waals surface area contributed by atoms with Crippen LogP contribution in [0.15, 0.2) is 36.4 Å². The van der Waals surface area contributed by atoms with Crippen molar-refractivity contribution in [2.45, 2.75) is 33.3 Å². The highest BCUT2D eigenvalue weighted by Gasteiger charge is 2.29. The van der Waals surface area contributed by atoms with Gasteiger partial charge in [0.2, 0.25) is 0 Å². The maximum atomic E-state index is 10.1. The van der Waals surface area contributed by atoms with Crippen LogP contribution in [0.1, 0.15) is 32.8 Å². The van der Waals surface area contributed by atoms with Crippen LogP contribution in [-0.4, -0.2) is 11.2 Å². The van der Waals surface area contributed by atoms with E-state index in [4.69, 9.17) is 0 Å². The lowest BCUT2D eigenvalue weighted by Gasteiger charge is -2.27. The van der Waals surface area contributed by atoms with E-state index in [-0.39, 0.29) is 6.10 Å². The van der Waals surface area contributed by atoms with Gasteiger partial charge in [-0.15, -0.1) is 0 Å². The summed E-state index contributed by atoms with van der Waals surface area (Å²) >= 11 is 0. The van der Waals surface area contributed by atoms with Crippen LogP contribution in [-0.2, 0) is 0 Å². The Morgan fingerprint density at radius 1 is 1.00 bits per heavy atom. The van der Waals surface area contributed by atoms with Gasteiger partial charge in [0.05, 0.1) is 6.10 Å². The molecule has 0 amide bonds. The molecule has 0 heterocycles. The topological polar surface area (TPSA) is 20.2 Å². The molecule has 92 valence electrons. The van der Waals surface area contributed by atoms with E-state index >= 15 is 0 Å². The highest BCUT2D eigenvalue weighted by atomic mass is 16.3. The minimum atomic E-state index is -0.200. The lowest BCUT2D eigenvalue weighted by Crippen LogP contribution is -2.25. The molecule has 1 nitrogen and oxygen atoms in total. The number of hydrogen-bond acceptors (Lipinski definition) is 1. The molecule has 1 aliphatic carbocycles. The fraction of sp³-hybridized carbons (Fsp3) is 0.500. The normalized spacial score (nSPS) is 34.0. The van der Waals surface area contributed by atoms with Crippen LogP contribution in [0, 0.1) is 17.8 Å². The van der Waals surface area contributed by atoms with E-state index in [0.717, 1.165) is 6.42 Å². The second-order valence-electron chi connectivity index (χ2n) is 5.34. The summed E-state index contributed by atoms with van der Waals surface area (Å²) in [5.74, 6) is 1.38. The van der Waals surface area contributed by atoms with Crippen LogP contribution in [0.2, 0.25) is 0 Å². The summed E-state index contributed by atoms with van der Waals surface area (Å²) in [6.45, 7) is 6.69. The lowest BCUT2D eigenvalue weighted by molar-refractivity contribution is 0.0848. The Morgan fingerprint density at radius 3 is 2.29 bits per heavy atom. The van der Waals surface area contributed by atoms with Crippen LogP contribution >= 0.6 is 0 Å². The third-order valence-electron chi connectivity index (χ3n) is 4.40. The largest absolute Gasteiger partial charge is 0.393 e. The maximum Gasteiger partial charge on any atom is 0.0603 e. The van der Waals surface area contributed by atoms with E-state index in [1.807, 2.05) is 6.07 Å². The van der Waals surface area contributed by atoms with Gasteiger partial charge in [-0.2, -0.15) is 0 Å². The molecular weight excluding hydrogens is 208 g/mol. The summed E-state index contributed by atoms with van der Waals surface area (Å²) in [4.78, 5) is 0. The molecule has 0 bridgehead atoms. The van der Waals surface area contributed by atoms with Gasteiger partial charge in [0, 0.05) is 0 Å². The molecule has 17 heavy (non-hydrogen) atoms. The van der Waals surface area contributed by atoms with Crippen molar-refractivity contribution in [3.05, 3.63) is 42.0 Å². The fourth-order valence-corrected chi connectivity index (χ4v) is 2.75. The standard InChI is InChI=1S/C16H22O/c1-11-12(2)15(9-10-16(17)13(11)3)14-7-5-4-6-8-14/h4-9,11-13,16-17H,10H2,1-3H3/t11-,12+,13+,16-/m1/s1. The third-order valence-corrected chi connectivity index (χ3v) is 4.40. The second kappa shape index (κ2) is 5.05. The minimum Gasteiger partial charge on any atom is -0.393 e. The van der Waals surface area contributed by atoms with E-state index in [1.54, 1.807) is 0 Å². The third kappa shape index (κ3) is 2.44. The number of benzene rings is 1. The number of allylic oxidation sites excluding steroid dienone is 1. The average molecular weight is 230 g/mol. The second-order valence-corrected chi connectivity index (χ2v) is 5.34. The van der Waals surface area contributed by atoms with Gasteiger partial charge in [-0.25, -0.2) is 0 Å². The Balaban J connectivity index is 2.34. The first-order valence-corrected chi connectivity index (χ1v) is 6.54. The molecule has 0 aromatic heterocycles. The van der Waals surface area contributed by atoms with Crippen molar-refractivity contribution >= 4 is 5.57 Å². The molecule has 1 aromatic rings. The van der Waals surface area contributed by atoms with Crippen molar-refractivity contribution in [1.82, 2.24) is 0 Å². The summed E-state index contributed by atoms with van der Waals surface area (Å²) in [5.41, 5.74) is 2.69. The zero-order chi connectivity index (χ0) is 12.4. The molecule has 0 saturated carbocycles. The van der Waals surface area contributed by atoms with Gasteiger partial charge in [0.25, 0.3) is 0 Å². The van der Waals surface area contributed by atoms with Crippen molar-refractivity contribution in [2.24, 2.45) is 17.8 Å². The Kier molecular flexibility index (Phi) is 3.68. The molecule has 1 aliphatic rings. The molecular formula is C16H22O. The molecule has 0 spiro atoms. The summed E-state index contributed by atoms with van der Waals surface area (Å²) in [5, 5.41) is 10.1. The SMILES string of the molecule is C[C@H]1[C@H](C)[C@H](C)C(c2ccccc2)=CC[C@H]1O. The Morgan fingerprint density at radius 2 is 1.65 bits per heavy atom. The van der Waals surface area contributed by atoms with E-state index in [0.29, 0.717) is 17.8 Å². The van der Waals surface area contributed by atoms with Gasteiger partial charge < -0.3 is 5.11 Å². The molecule has 0 fully saturated rings. The summed E-state index contributed by atoms with van der Waals surface area (Å²) in [6, 6.07) is 10.5. The van der Waals surface area contributed by atoms with Crippen LogP contribution in [0.4, 0.5) is 0 Å². The summed E-state index contributed by atoms with van der Waals surface area (Å²) in [7, 11) is 0. The molecule has 0 radical (unpaired) electrons. The van der Waals surface area contributed by atoms with Crippen molar-refractivity contribution in [3.8, 4) is 0 Å². The molecule has 1 heteroatoms. The number of aliphatic hydroxyl groups excluding tert-OH is 1. The quantitative estimate of drug-likeness (QED) is 0.779. The molecule has 0 saturated heterocycles. The average Bonchev–Trinajstić information content (AvgIpc) is 2.45. The zero-order valence-corrected chi connectivity index (χ0v) is 10.9. The summed E-state index contributed by atoms with van der Waals surface area (Å²) in [6.07, 6.45) is 2.80. The Bertz CT molecular complexity index is 393. The maximum absolute atomic E-state index is 10.1. The lowest BCUT2D eigenvalue weighted by atomic mass is 9.79. The van der Waals surface area contributed by atoms with Crippen LogP contribution in [0.5, 0.6) is 0 Å². The van der Waals surface area contributed by atoms with Gasteiger partial charge in [0.15, 0.2) is 0 Å². The van der Waals surface area contributed by atoms with E-state index in [1.165, 1.54) is 11.1 Å². The van der Waals surface area contributed by atoms with E-state index in [9.17, 15) is 5.11 Å². The van der Waals surface area contributed by atoms with Crippen molar-refractivity contribution in [1.29, 1.82) is 0 Å². The van der Waals surface area contributed by atoms with Gasteiger partial charge >= 0.3 is 0 Å². The molecule has 0 aliphatic heterocycles. The minimum absolute atomic E-state index is 0.200. The molecule has 1 aromatic carbocycles. The smallest absolute Gasteiger partial charge is 0.0603 e. The first kappa shape index (κ1) is 12.4. The van der Waals surface area contributed by atoms with Crippen molar-refractivity contribution in [2.75, 3.05) is 0 Å². The number of rotatable bonds is 1. The van der Waals surface area contributed by atoms with E-state index in [2.05, 4.69) is 51.1 Å². The van der Waals surface area contributed by atoms with Gasteiger partial charge in [-0.3, -0.25) is 0 Å². The summed E-state index contributed by atoms with van der Waals surface area (Å²) < 4.78 is 0. The number of hydrogen-bond donors (Lipinski definition) is 1. The van der Waals surface area contributed by atoms with Crippen molar-refractivity contribution < 1.29 is 5.11 Å². The van der Waals surface area contributed by atoms with Crippen LogP contribution in [0.25, 0.3) is 5.57 Å². The molecule has 4 atom stereocenters. The van der Waals surface area contributed by atoms with Gasteiger partial charge in [0.1, 0.15) is 0 Å². The van der Waals surface area contributed by atoms with E-state index < -0.39 is 0 Å². The Hall–Kier alpha value is -1.08.